The number of hydrogen-bond acceptors (Lipinski definition) is 2. The van der Waals surface area contributed by atoms with Crippen LogP contribution in [0.2, 0.25) is 0 Å². The second kappa shape index (κ2) is 4.81. The molecule has 0 saturated heterocycles. The average molecular weight is 251 g/mol. The van der Waals surface area contributed by atoms with E-state index in [1.54, 1.807) is 0 Å². The topological polar surface area (TPSA) is 54.7 Å². The van der Waals surface area contributed by atoms with Crippen LogP contribution < -0.4 is 5.73 Å². The Hall–Kier alpha value is -2.21. The summed E-state index contributed by atoms with van der Waals surface area (Å²) in [6.07, 6.45) is 6.89. The molecule has 0 aliphatic heterocycles. The fourth-order valence-electron chi connectivity index (χ4n) is 2.98. The number of hydrogen-bond donors (Lipinski definition) is 1. The van der Waals surface area contributed by atoms with E-state index in [0.717, 1.165) is 24.0 Å². The molecule has 0 unspecified atom stereocenters. The molecule has 19 heavy (non-hydrogen) atoms. The molecule has 1 aromatic heterocycles. The molecule has 1 heterocycles. The number of benzene rings is 1. The Kier molecular flexibility index (Phi) is 3.00. The zero-order valence-corrected chi connectivity index (χ0v) is 10.8. The molecule has 3 rings (SSSR count). The molecule has 0 bridgehead atoms. The van der Waals surface area contributed by atoms with Crippen LogP contribution in [0, 0.1) is 11.3 Å². The number of aromatic nitrogens is 1. The minimum Gasteiger partial charge on any atom is -0.384 e. The molecule has 1 aromatic carbocycles. The van der Waals surface area contributed by atoms with Crippen molar-refractivity contribution >= 4 is 5.82 Å². The third kappa shape index (κ3) is 2.00. The summed E-state index contributed by atoms with van der Waals surface area (Å²) in [4.78, 5) is 0. The lowest BCUT2D eigenvalue weighted by molar-refractivity contribution is 0.527. The van der Waals surface area contributed by atoms with Gasteiger partial charge >= 0.3 is 0 Å². The smallest absolute Gasteiger partial charge is 0.122 e. The van der Waals surface area contributed by atoms with Gasteiger partial charge in [-0.2, -0.15) is 5.26 Å². The molecule has 2 N–H and O–H groups in total. The molecule has 0 spiro atoms. The lowest BCUT2D eigenvalue weighted by Gasteiger charge is -2.13. The Morgan fingerprint density at radius 3 is 2.47 bits per heavy atom. The van der Waals surface area contributed by atoms with Crippen LogP contribution in [-0.2, 0) is 0 Å². The van der Waals surface area contributed by atoms with E-state index in [1.165, 1.54) is 12.8 Å². The summed E-state index contributed by atoms with van der Waals surface area (Å²) in [5.74, 6) is 0.619. The van der Waals surface area contributed by atoms with Crippen molar-refractivity contribution in [3.05, 3.63) is 42.1 Å². The van der Waals surface area contributed by atoms with Crippen LogP contribution in [0.4, 0.5) is 5.82 Å². The third-order valence-electron chi connectivity index (χ3n) is 3.99. The van der Waals surface area contributed by atoms with Crippen LogP contribution in [-0.4, -0.2) is 4.57 Å². The summed E-state index contributed by atoms with van der Waals surface area (Å²) in [5, 5.41) is 9.37. The molecular weight excluding hydrogens is 234 g/mol. The van der Waals surface area contributed by atoms with Gasteiger partial charge in [0.05, 0.1) is 0 Å². The van der Waals surface area contributed by atoms with Gasteiger partial charge in [0.2, 0.25) is 0 Å². The SMILES string of the molecule is N#Cc1c(-c2ccccc2)cn(C2CCCC2)c1N. The molecule has 1 aliphatic rings. The highest BCUT2D eigenvalue weighted by Gasteiger charge is 2.22. The maximum atomic E-state index is 9.37. The summed E-state index contributed by atoms with van der Waals surface area (Å²) in [6.45, 7) is 0. The quantitative estimate of drug-likeness (QED) is 0.884. The van der Waals surface area contributed by atoms with Gasteiger partial charge in [-0.05, 0) is 18.4 Å². The van der Waals surface area contributed by atoms with Crippen molar-refractivity contribution in [1.82, 2.24) is 4.57 Å². The highest BCUT2D eigenvalue weighted by Crippen LogP contribution is 2.37. The number of nitrogens with zero attached hydrogens (tertiary/aromatic N) is 2. The lowest BCUT2D eigenvalue weighted by atomic mass is 10.1. The van der Waals surface area contributed by atoms with Crippen LogP contribution in [0.1, 0.15) is 37.3 Å². The molecule has 0 radical (unpaired) electrons. The molecule has 0 amide bonds. The van der Waals surface area contributed by atoms with E-state index in [2.05, 4.69) is 16.8 Å². The van der Waals surface area contributed by atoms with Crippen molar-refractivity contribution in [2.45, 2.75) is 31.7 Å². The monoisotopic (exact) mass is 251 g/mol. The van der Waals surface area contributed by atoms with Gasteiger partial charge in [0.25, 0.3) is 0 Å². The largest absolute Gasteiger partial charge is 0.384 e. The van der Waals surface area contributed by atoms with Gasteiger partial charge in [-0.25, -0.2) is 0 Å². The van der Waals surface area contributed by atoms with E-state index in [4.69, 9.17) is 5.73 Å². The second-order valence-electron chi connectivity index (χ2n) is 5.13. The van der Waals surface area contributed by atoms with Crippen LogP contribution in [0.3, 0.4) is 0 Å². The molecule has 0 atom stereocenters. The first-order chi connectivity index (χ1) is 9.31. The molecule has 1 saturated carbocycles. The van der Waals surface area contributed by atoms with Gasteiger partial charge in [0.1, 0.15) is 17.5 Å². The summed E-state index contributed by atoms with van der Waals surface area (Å²) < 4.78 is 2.11. The van der Waals surface area contributed by atoms with Crippen molar-refractivity contribution in [2.75, 3.05) is 5.73 Å². The molecule has 3 heteroatoms. The fraction of sp³-hybridized carbons (Fsp3) is 0.312. The van der Waals surface area contributed by atoms with Gasteiger partial charge in [-0.15, -0.1) is 0 Å². The van der Waals surface area contributed by atoms with Gasteiger partial charge in [0, 0.05) is 17.8 Å². The van der Waals surface area contributed by atoms with Gasteiger partial charge in [-0.1, -0.05) is 43.2 Å². The average Bonchev–Trinajstić information content (AvgIpc) is 3.07. The van der Waals surface area contributed by atoms with Crippen molar-refractivity contribution in [2.24, 2.45) is 0 Å². The Morgan fingerprint density at radius 2 is 1.84 bits per heavy atom. The van der Waals surface area contributed by atoms with Crippen molar-refractivity contribution < 1.29 is 0 Å². The first kappa shape index (κ1) is 11.9. The van der Waals surface area contributed by atoms with E-state index in [1.807, 2.05) is 30.3 Å². The Bertz CT molecular complexity index is 613. The van der Waals surface area contributed by atoms with Gasteiger partial charge in [0.15, 0.2) is 0 Å². The molecule has 1 aliphatic carbocycles. The highest BCUT2D eigenvalue weighted by molar-refractivity contribution is 5.76. The van der Waals surface area contributed by atoms with Crippen molar-refractivity contribution in [1.29, 1.82) is 5.26 Å². The summed E-state index contributed by atoms with van der Waals surface area (Å²) >= 11 is 0. The number of nitrogen functional groups attached to an aromatic ring is 1. The predicted octanol–water partition coefficient (Wildman–Crippen LogP) is 3.72. The van der Waals surface area contributed by atoms with E-state index in [-0.39, 0.29) is 0 Å². The maximum Gasteiger partial charge on any atom is 0.122 e. The number of rotatable bonds is 2. The van der Waals surface area contributed by atoms with Crippen LogP contribution in [0.15, 0.2) is 36.5 Å². The van der Waals surface area contributed by atoms with Crippen molar-refractivity contribution in [3.63, 3.8) is 0 Å². The normalized spacial score (nSPS) is 15.5. The number of nitriles is 1. The Morgan fingerprint density at radius 1 is 1.16 bits per heavy atom. The zero-order chi connectivity index (χ0) is 13.2. The van der Waals surface area contributed by atoms with E-state index >= 15 is 0 Å². The first-order valence-corrected chi connectivity index (χ1v) is 6.77. The van der Waals surface area contributed by atoms with E-state index in [0.29, 0.717) is 17.4 Å². The molecule has 2 aromatic rings. The zero-order valence-electron chi connectivity index (χ0n) is 10.8. The fourth-order valence-corrected chi connectivity index (χ4v) is 2.98. The van der Waals surface area contributed by atoms with E-state index in [9.17, 15) is 5.26 Å². The van der Waals surface area contributed by atoms with Gasteiger partial charge in [-0.3, -0.25) is 0 Å². The molecular formula is C16H17N3. The maximum absolute atomic E-state index is 9.37. The van der Waals surface area contributed by atoms with Crippen molar-refractivity contribution in [3.8, 4) is 17.2 Å². The number of anilines is 1. The standard InChI is InChI=1S/C16H17N3/c17-10-14-15(12-6-2-1-3-7-12)11-19(16(14)18)13-8-4-5-9-13/h1-3,6-7,11,13H,4-5,8-9,18H2. The Balaban J connectivity index is 2.10. The first-order valence-electron chi connectivity index (χ1n) is 6.77. The van der Waals surface area contributed by atoms with Crippen LogP contribution in [0.5, 0.6) is 0 Å². The highest BCUT2D eigenvalue weighted by atomic mass is 15.1. The molecule has 96 valence electrons. The third-order valence-corrected chi connectivity index (χ3v) is 3.99. The van der Waals surface area contributed by atoms with Gasteiger partial charge < -0.3 is 10.3 Å². The predicted molar refractivity (Wildman–Crippen MR) is 76.5 cm³/mol. The van der Waals surface area contributed by atoms with E-state index < -0.39 is 0 Å². The Labute approximate surface area is 113 Å². The summed E-state index contributed by atoms with van der Waals surface area (Å²) in [7, 11) is 0. The van der Waals surface area contributed by atoms with Crippen LogP contribution >= 0.6 is 0 Å². The minimum absolute atomic E-state index is 0.463. The number of nitrogens with two attached hydrogens (primary N) is 1. The second-order valence-corrected chi connectivity index (χ2v) is 5.13. The summed E-state index contributed by atoms with van der Waals surface area (Å²) in [5.41, 5.74) is 8.79. The summed E-state index contributed by atoms with van der Waals surface area (Å²) in [6, 6.07) is 12.7. The lowest BCUT2D eigenvalue weighted by Crippen LogP contribution is -2.07. The minimum atomic E-state index is 0.463. The molecule has 3 nitrogen and oxygen atoms in total. The van der Waals surface area contributed by atoms with Crippen LogP contribution in [0.25, 0.3) is 11.1 Å². The molecule has 1 fully saturated rings.